The van der Waals surface area contributed by atoms with Gasteiger partial charge in [-0.1, -0.05) is 60.7 Å². The number of rotatable bonds is 7. The largest absolute Gasteiger partial charge is 0.466 e. The van der Waals surface area contributed by atoms with E-state index >= 15 is 0 Å². The van der Waals surface area contributed by atoms with Gasteiger partial charge in [-0.3, -0.25) is 9.59 Å². The fraction of sp³-hybridized carbons (Fsp3) is 0.190. The molecule has 5 nitrogen and oxygen atoms in total. The van der Waals surface area contributed by atoms with Gasteiger partial charge in [0.1, 0.15) is 9.88 Å². The molecule has 6 heteroatoms. The third kappa shape index (κ3) is 5.01. The Balaban J connectivity index is 1.76. The van der Waals surface area contributed by atoms with Gasteiger partial charge < -0.3 is 10.1 Å². The Kier molecular flexibility index (Phi) is 6.33. The normalized spacial score (nSPS) is 11.6. The van der Waals surface area contributed by atoms with Crippen LogP contribution in [0.15, 0.2) is 66.9 Å². The molecule has 0 bridgehead atoms. The Labute approximate surface area is 162 Å². The van der Waals surface area contributed by atoms with Gasteiger partial charge in [0.2, 0.25) is 0 Å². The Morgan fingerprint density at radius 2 is 1.74 bits per heavy atom. The van der Waals surface area contributed by atoms with E-state index in [9.17, 15) is 9.59 Å². The number of amides is 1. The number of thiazole rings is 1. The zero-order chi connectivity index (χ0) is 19.1. The standard InChI is InChI=1S/C21H20N2O3S/c1-2-26-19(24)13-17(15-9-5-3-6-10-15)23-20(25)18-14-22-21(27-18)16-11-7-4-8-12-16/h3-12,14,17H,2,13H2,1H3,(H,23,25). The number of hydrogen-bond donors (Lipinski definition) is 1. The zero-order valence-electron chi connectivity index (χ0n) is 14.9. The van der Waals surface area contributed by atoms with Crippen LogP contribution in [0, 0.1) is 0 Å². The van der Waals surface area contributed by atoms with Crippen molar-refractivity contribution in [2.24, 2.45) is 0 Å². The molecule has 0 aliphatic heterocycles. The number of nitrogens with zero attached hydrogens (tertiary/aromatic N) is 1. The van der Waals surface area contributed by atoms with Crippen LogP contribution < -0.4 is 5.32 Å². The lowest BCUT2D eigenvalue weighted by Gasteiger charge is -2.18. The molecular formula is C21H20N2O3S. The maximum absolute atomic E-state index is 12.7. The van der Waals surface area contributed by atoms with Crippen LogP contribution >= 0.6 is 11.3 Å². The van der Waals surface area contributed by atoms with E-state index in [2.05, 4.69) is 10.3 Å². The molecule has 0 fully saturated rings. The lowest BCUT2D eigenvalue weighted by molar-refractivity contribution is -0.143. The molecular weight excluding hydrogens is 360 g/mol. The van der Waals surface area contributed by atoms with Crippen molar-refractivity contribution in [1.29, 1.82) is 0 Å². The van der Waals surface area contributed by atoms with Gasteiger partial charge in [0.25, 0.3) is 5.91 Å². The molecule has 0 radical (unpaired) electrons. The Morgan fingerprint density at radius 3 is 2.41 bits per heavy atom. The van der Waals surface area contributed by atoms with Crippen LogP contribution in [0.4, 0.5) is 0 Å². The van der Waals surface area contributed by atoms with Crippen LogP contribution in [-0.2, 0) is 9.53 Å². The minimum atomic E-state index is -0.458. The monoisotopic (exact) mass is 380 g/mol. The molecule has 27 heavy (non-hydrogen) atoms. The summed E-state index contributed by atoms with van der Waals surface area (Å²) < 4.78 is 5.04. The summed E-state index contributed by atoms with van der Waals surface area (Å²) in [5.41, 5.74) is 1.82. The smallest absolute Gasteiger partial charge is 0.308 e. The van der Waals surface area contributed by atoms with Crippen molar-refractivity contribution in [3.8, 4) is 10.6 Å². The number of nitrogens with one attached hydrogen (secondary N) is 1. The quantitative estimate of drug-likeness (QED) is 0.623. The number of aromatic nitrogens is 1. The summed E-state index contributed by atoms with van der Waals surface area (Å²) in [5.74, 6) is -0.603. The first-order valence-corrected chi connectivity index (χ1v) is 9.51. The van der Waals surface area contributed by atoms with E-state index < -0.39 is 6.04 Å². The van der Waals surface area contributed by atoms with Gasteiger partial charge in [0.05, 0.1) is 25.3 Å². The van der Waals surface area contributed by atoms with Crippen molar-refractivity contribution < 1.29 is 14.3 Å². The van der Waals surface area contributed by atoms with Crippen LogP contribution in [0.25, 0.3) is 10.6 Å². The summed E-state index contributed by atoms with van der Waals surface area (Å²) in [6, 6.07) is 18.6. The molecule has 1 aromatic heterocycles. The minimum absolute atomic E-state index is 0.0773. The van der Waals surface area contributed by atoms with Crippen molar-refractivity contribution in [1.82, 2.24) is 10.3 Å². The lowest BCUT2D eigenvalue weighted by Crippen LogP contribution is -2.30. The van der Waals surface area contributed by atoms with E-state index in [1.807, 2.05) is 60.7 Å². The summed E-state index contributed by atoms with van der Waals surface area (Å²) in [7, 11) is 0. The van der Waals surface area contributed by atoms with E-state index in [4.69, 9.17) is 4.74 Å². The number of benzene rings is 2. The summed E-state index contributed by atoms with van der Waals surface area (Å²) in [6.07, 6.45) is 1.64. The van der Waals surface area contributed by atoms with E-state index in [0.29, 0.717) is 11.5 Å². The van der Waals surface area contributed by atoms with Crippen molar-refractivity contribution in [3.05, 3.63) is 77.3 Å². The maximum Gasteiger partial charge on any atom is 0.308 e. The molecule has 1 amide bonds. The highest BCUT2D eigenvalue weighted by Crippen LogP contribution is 2.26. The highest BCUT2D eigenvalue weighted by Gasteiger charge is 2.21. The van der Waals surface area contributed by atoms with Crippen LogP contribution in [0.2, 0.25) is 0 Å². The van der Waals surface area contributed by atoms with Gasteiger partial charge in [-0.05, 0) is 12.5 Å². The Hall–Kier alpha value is -2.99. The second kappa shape index (κ2) is 9.09. The van der Waals surface area contributed by atoms with Gasteiger partial charge in [-0.15, -0.1) is 11.3 Å². The van der Waals surface area contributed by atoms with Crippen LogP contribution in [0.5, 0.6) is 0 Å². The number of carbonyl (C=O) groups excluding carboxylic acids is 2. The van der Waals surface area contributed by atoms with Crippen LogP contribution in [0.3, 0.4) is 0 Å². The SMILES string of the molecule is CCOC(=O)CC(NC(=O)c1cnc(-c2ccccc2)s1)c1ccccc1. The number of carbonyl (C=O) groups is 2. The van der Waals surface area contributed by atoms with Gasteiger partial charge in [-0.2, -0.15) is 0 Å². The summed E-state index contributed by atoms with van der Waals surface area (Å²) in [6.45, 7) is 2.07. The first-order valence-electron chi connectivity index (χ1n) is 8.70. The van der Waals surface area contributed by atoms with Gasteiger partial charge in [-0.25, -0.2) is 4.98 Å². The first-order chi connectivity index (χ1) is 13.2. The highest BCUT2D eigenvalue weighted by molar-refractivity contribution is 7.16. The molecule has 0 spiro atoms. The fourth-order valence-corrected chi connectivity index (χ4v) is 3.47. The van der Waals surface area contributed by atoms with Crippen molar-refractivity contribution in [3.63, 3.8) is 0 Å². The number of ether oxygens (including phenoxy) is 1. The summed E-state index contributed by atoms with van der Waals surface area (Å²) in [4.78, 5) is 29.5. The predicted octanol–water partition coefficient (Wildman–Crippen LogP) is 4.23. The van der Waals surface area contributed by atoms with Crippen LogP contribution in [-0.4, -0.2) is 23.5 Å². The molecule has 3 rings (SSSR count). The molecule has 1 heterocycles. The average molecular weight is 380 g/mol. The fourth-order valence-electron chi connectivity index (χ4n) is 2.65. The molecule has 0 saturated heterocycles. The predicted molar refractivity (Wildman–Crippen MR) is 105 cm³/mol. The third-order valence-electron chi connectivity index (χ3n) is 3.93. The number of hydrogen-bond acceptors (Lipinski definition) is 5. The Bertz CT molecular complexity index is 894. The molecule has 2 aromatic carbocycles. The van der Waals surface area contributed by atoms with E-state index in [1.54, 1.807) is 13.1 Å². The molecule has 138 valence electrons. The molecule has 0 saturated carbocycles. The van der Waals surface area contributed by atoms with Gasteiger partial charge in [0.15, 0.2) is 0 Å². The molecule has 1 N–H and O–H groups in total. The van der Waals surface area contributed by atoms with Crippen molar-refractivity contribution in [2.45, 2.75) is 19.4 Å². The summed E-state index contributed by atoms with van der Waals surface area (Å²) in [5, 5.41) is 3.71. The molecule has 3 aromatic rings. The van der Waals surface area contributed by atoms with Crippen molar-refractivity contribution >= 4 is 23.2 Å². The van der Waals surface area contributed by atoms with E-state index in [-0.39, 0.29) is 18.3 Å². The lowest BCUT2D eigenvalue weighted by atomic mass is 10.0. The molecule has 0 aliphatic rings. The van der Waals surface area contributed by atoms with Gasteiger partial charge >= 0.3 is 5.97 Å². The highest BCUT2D eigenvalue weighted by atomic mass is 32.1. The molecule has 1 atom stereocenters. The number of esters is 1. The van der Waals surface area contributed by atoms with Crippen molar-refractivity contribution in [2.75, 3.05) is 6.61 Å². The van der Waals surface area contributed by atoms with Crippen LogP contribution in [0.1, 0.15) is 34.6 Å². The maximum atomic E-state index is 12.7. The molecule has 0 aliphatic carbocycles. The first kappa shape index (κ1) is 18.8. The zero-order valence-corrected chi connectivity index (χ0v) is 15.7. The summed E-state index contributed by atoms with van der Waals surface area (Å²) >= 11 is 1.32. The Morgan fingerprint density at radius 1 is 1.07 bits per heavy atom. The second-order valence-electron chi connectivity index (χ2n) is 5.84. The molecule has 1 unspecified atom stereocenters. The topological polar surface area (TPSA) is 68.3 Å². The third-order valence-corrected chi connectivity index (χ3v) is 4.98. The average Bonchev–Trinajstić information content (AvgIpc) is 3.19. The van der Waals surface area contributed by atoms with E-state index in [1.165, 1.54) is 11.3 Å². The minimum Gasteiger partial charge on any atom is -0.466 e. The second-order valence-corrected chi connectivity index (χ2v) is 6.87. The van der Waals surface area contributed by atoms with E-state index in [0.717, 1.165) is 16.1 Å². The van der Waals surface area contributed by atoms with Gasteiger partial charge in [0, 0.05) is 5.56 Å².